The molecule has 0 radical (unpaired) electrons. The van der Waals surface area contributed by atoms with Crippen molar-refractivity contribution in [2.24, 2.45) is 11.8 Å². The van der Waals surface area contributed by atoms with Crippen LogP contribution >= 0.6 is 11.6 Å². The van der Waals surface area contributed by atoms with Crippen molar-refractivity contribution in [3.8, 4) is 0 Å². The van der Waals surface area contributed by atoms with E-state index in [-0.39, 0.29) is 0 Å². The minimum absolute atomic E-state index is 0.560. The lowest BCUT2D eigenvalue weighted by Crippen LogP contribution is -2.22. The van der Waals surface area contributed by atoms with Crippen LogP contribution in [0.25, 0.3) is 0 Å². The summed E-state index contributed by atoms with van der Waals surface area (Å²) in [5.74, 6) is 3.55. The Morgan fingerprint density at radius 1 is 1.29 bits per heavy atom. The average Bonchev–Trinajstić information content (AvgIpc) is 2.88. The lowest BCUT2D eigenvalue weighted by Gasteiger charge is -2.19. The second kappa shape index (κ2) is 4.49. The highest BCUT2D eigenvalue weighted by Gasteiger charge is 2.36. The first-order chi connectivity index (χ1) is 8.28. The Balaban J connectivity index is 1.79. The summed E-state index contributed by atoms with van der Waals surface area (Å²) in [5, 5.41) is 0. The van der Waals surface area contributed by atoms with E-state index in [1.807, 2.05) is 0 Å². The molecular formula is C14H19ClN2. The van der Waals surface area contributed by atoms with Gasteiger partial charge in [-0.25, -0.2) is 4.98 Å². The van der Waals surface area contributed by atoms with E-state index in [0.717, 1.165) is 28.9 Å². The Morgan fingerprint density at radius 3 is 2.59 bits per heavy atom. The van der Waals surface area contributed by atoms with Crippen LogP contribution in [-0.4, -0.2) is 18.1 Å². The van der Waals surface area contributed by atoms with Gasteiger partial charge in [0.2, 0.25) is 0 Å². The van der Waals surface area contributed by atoms with Crippen molar-refractivity contribution in [2.45, 2.75) is 32.1 Å². The molecule has 1 aliphatic carbocycles. The molecule has 2 nitrogen and oxygen atoms in total. The van der Waals surface area contributed by atoms with Crippen molar-refractivity contribution in [3.63, 3.8) is 0 Å². The number of hydrogen-bond donors (Lipinski definition) is 0. The minimum atomic E-state index is 0.560. The van der Waals surface area contributed by atoms with Crippen molar-refractivity contribution in [1.82, 2.24) is 4.98 Å². The lowest BCUT2D eigenvalue weighted by atomic mass is 10.0. The van der Waals surface area contributed by atoms with Crippen LogP contribution in [0.4, 0.5) is 5.82 Å². The smallest absolute Gasteiger partial charge is 0.128 e. The highest BCUT2D eigenvalue weighted by molar-refractivity contribution is 6.17. The van der Waals surface area contributed by atoms with Crippen molar-refractivity contribution < 1.29 is 0 Å². The van der Waals surface area contributed by atoms with Gasteiger partial charge in [-0.1, -0.05) is 12.5 Å². The Morgan fingerprint density at radius 2 is 2.00 bits per heavy atom. The summed E-state index contributed by atoms with van der Waals surface area (Å²) < 4.78 is 0. The molecule has 1 saturated carbocycles. The van der Waals surface area contributed by atoms with Crippen molar-refractivity contribution in [1.29, 1.82) is 0 Å². The second-order valence-corrected chi connectivity index (χ2v) is 5.67. The zero-order valence-corrected chi connectivity index (χ0v) is 11.1. The minimum Gasteiger partial charge on any atom is -0.356 e. The molecule has 3 rings (SSSR count). The van der Waals surface area contributed by atoms with Gasteiger partial charge in [0.05, 0.1) is 0 Å². The van der Waals surface area contributed by atoms with E-state index in [1.165, 1.54) is 32.4 Å². The van der Waals surface area contributed by atoms with Gasteiger partial charge in [-0.15, -0.1) is 11.6 Å². The Kier molecular flexibility index (Phi) is 2.99. The number of pyridine rings is 1. The van der Waals surface area contributed by atoms with Crippen molar-refractivity contribution in [3.05, 3.63) is 23.4 Å². The molecule has 2 unspecified atom stereocenters. The van der Waals surface area contributed by atoms with Gasteiger partial charge in [0.25, 0.3) is 0 Å². The molecule has 2 atom stereocenters. The predicted octanol–water partition coefficient (Wildman–Crippen LogP) is 3.37. The van der Waals surface area contributed by atoms with Crippen LogP contribution in [-0.2, 0) is 5.88 Å². The largest absolute Gasteiger partial charge is 0.356 e. The first kappa shape index (κ1) is 11.3. The fourth-order valence-corrected chi connectivity index (χ4v) is 3.60. The molecule has 2 fully saturated rings. The summed E-state index contributed by atoms with van der Waals surface area (Å²) in [5.41, 5.74) is 2.23. The maximum Gasteiger partial charge on any atom is 0.128 e. The number of nitrogens with zero attached hydrogens (tertiary/aromatic N) is 2. The first-order valence-corrected chi connectivity index (χ1v) is 7.09. The predicted molar refractivity (Wildman–Crippen MR) is 71.6 cm³/mol. The molecule has 0 spiro atoms. The maximum atomic E-state index is 5.87. The molecule has 0 aromatic carbocycles. The highest BCUT2D eigenvalue weighted by Crippen LogP contribution is 2.39. The van der Waals surface area contributed by atoms with Gasteiger partial charge < -0.3 is 4.90 Å². The Hall–Kier alpha value is -0.760. The summed E-state index contributed by atoms with van der Waals surface area (Å²) >= 11 is 5.87. The zero-order valence-electron chi connectivity index (χ0n) is 10.3. The third-order valence-electron chi connectivity index (χ3n) is 4.37. The molecule has 0 N–H and O–H groups in total. The van der Waals surface area contributed by atoms with Gasteiger partial charge in [0.15, 0.2) is 0 Å². The van der Waals surface area contributed by atoms with E-state index >= 15 is 0 Å². The van der Waals surface area contributed by atoms with Gasteiger partial charge in [-0.05, 0) is 43.2 Å². The van der Waals surface area contributed by atoms with Crippen LogP contribution in [0.5, 0.6) is 0 Å². The summed E-state index contributed by atoms with van der Waals surface area (Å²) in [6.45, 7) is 4.47. The third kappa shape index (κ3) is 2.03. The standard InChI is InChI=1S/C14H19ClN2/c1-10-11(7-15)5-6-14(16-10)17-8-12-3-2-4-13(12)9-17/h5-6,12-13H,2-4,7-9H2,1H3. The number of anilines is 1. The van der Waals surface area contributed by atoms with Crippen LogP contribution < -0.4 is 4.90 Å². The Labute approximate surface area is 108 Å². The molecule has 17 heavy (non-hydrogen) atoms. The van der Waals surface area contributed by atoms with Crippen molar-refractivity contribution >= 4 is 17.4 Å². The van der Waals surface area contributed by atoms with E-state index in [2.05, 4.69) is 24.0 Å². The number of fused-ring (bicyclic) bond motifs is 1. The SMILES string of the molecule is Cc1nc(N2CC3CCCC3C2)ccc1CCl. The second-order valence-electron chi connectivity index (χ2n) is 5.40. The van der Waals surface area contributed by atoms with Gasteiger partial charge in [-0.2, -0.15) is 0 Å². The van der Waals surface area contributed by atoms with Crippen molar-refractivity contribution in [2.75, 3.05) is 18.0 Å². The lowest BCUT2D eigenvalue weighted by molar-refractivity contribution is 0.494. The average molecular weight is 251 g/mol. The van der Waals surface area contributed by atoms with Gasteiger partial charge in [0.1, 0.15) is 5.82 Å². The number of aromatic nitrogens is 1. The number of hydrogen-bond acceptors (Lipinski definition) is 2. The molecular weight excluding hydrogens is 232 g/mol. The number of aryl methyl sites for hydroxylation is 1. The molecule has 2 aliphatic rings. The monoisotopic (exact) mass is 250 g/mol. The molecule has 2 heterocycles. The van der Waals surface area contributed by atoms with Crippen LogP contribution in [0, 0.1) is 18.8 Å². The number of alkyl halides is 1. The molecule has 1 aliphatic heterocycles. The molecule has 0 amide bonds. The molecule has 92 valence electrons. The summed E-state index contributed by atoms with van der Waals surface area (Å²) in [6.07, 6.45) is 4.26. The molecule has 1 saturated heterocycles. The van der Waals surface area contributed by atoms with Crippen LogP contribution in [0.2, 0.25) is 0 Å². The molecule has 1 aromatic heterocycles. The van der Waals surface area contributed by atoms with E-state index in [1.54, 1.807) is 0 Å². The summed E-state index contributed by atoms with van der Waals surface area (Å²) in [7, 11) is 0. The van der Waals surface area contributed by atoms with Crippen LogP contribution in [0.15, 0.2) is 12.1 Å². The zero-order chi connectivity index (χ0) is 11.8. The Bertz CT molecular complexity index is 407. The maximum absolute atomic E-state index is 5.87. The van der Waals surface area contributed by atoms with Gasteiger partial charge >= 0.3 is 0 Å². The van der Waals surface area contributed by atoms with Crippen LogP contribution in [0.1, 0.15) is 30.5 Å². The summed E-state index contributed by atoms with van der Waals surface area (Å²) in [4.78, 5) is 7.15. The summed E-state index contributed by atoms with van der Waals surface area (Å²) in [6, 6.07) is 4.25. The number of halogens is 1. The third-order valence-corrected chi connectivity index (χ3v) is 4.66. The van der Waals surface area contributed by atoms with Crippen LogP contribution in [0.3, 0.4) is 0 Å². The number of rotatable bonds is 2. The first-order valence-electron chi connectivity index (χ1n) is 6.55. The van der Waals surface area contributed by atoms with E-state index in [9.17, 15) is 0 Å². The van der Waals surface area contributed by atoms with E-state index in [0.29, 0.717) is 5.88 Å². The molecule has 1 aromatic rings. The van der Waals surface area contributed by atoms with E-state index in [4.69, 9.17) is 16.6 Å². The highest BCUT2D eigenvalue weighted by atomic mass is 35.5. The topological polar surface area (TPSA) is 16.1 Å². The normalized spacial score (nSPS) is 27.5. The van der Waals surface area contributed by atoms with E-state index < -0.39 is 0 Å². The fraction of sp³-hybridized carbons (Fsp3) is 0.643. The van der Waals surface area contributed by atoms with Gasteiger partial charge in [-0.3, -0.25) is 0 Å². The molecule has 0 bridgehead atoms. The fourth-order valence-electron chi connectivity index (χ4n) is 3.32. The quantitative estimate of drug-likeness (QED) is 0.749. The van der Waals surface area contributed by atoms with Gasteiger partial charge in [0, 0.05) is 24.7 Å². The molecule has 3 heteroatoms.